The Balaban J connectivity index is 1.89. The highest BCUT2D eigenvalue weighted by atomic mass is 15.4. The summed E-state index contributed by atoms with van der Waals surface area (Å²) in [7, 11) is 0. The lowest BCUT2D eigenvalue weighted by Gasteiger charge is -2.01. The quantitative estimate of drug-likeness (QED) is 0.843. The van der Waals surface area contributed by atoms with E-state index in [2.05, 4.69) is 21.5 Å². The molecule has 18 heavy (non-hydrogen) atoms. The Kier molecular flexibility index (Phi) is 2.38. The second-order valence-corrected chi connectivity index (χ2v) is 4.28. The number of aromatic nitrogens is 3. The molecule has 3 rings (SSSR count). The van der Waals surface area contributed by atoms with Gasteiger partial charge in [-0.1, -0.05) is 0 Å². The maximum absolute atomic E-state index is 8.74. The van der Waals surface area contributed by atoms with Gasteiger partial charge < -0.3 is 11.1 Å². The van der Waals surface area contributed by atoms with Crippen molar-refractivity contribution < 1.29 is 0 Å². The van der Waals surface area contributed by atoms with Crippen LogP contribution < -0.4 is 11.1 Å². The van der Waals surface area contributed by atoms with Crippen molar-refractivity contribution in [3.05, 3.63) is 29.8 Å². The fraction of sp³-hybridized carbons (Fsp3) is 0.250. The number of anilines is 2. The van der Waals surface area contributed by atoms with Crippen molar-refractivity contribution in [2.45, 2.75) is 18.9 Å². The summed E-state index contributed by atoms with van der Waals surface area (Å²) in [5, 5.41) is 16.2. The molecule has 0 bridgehead atoms. The summed E-state index contributed by atoms with van der Waals surface area (Å²) in [6, 6.07) is 9.60. The van der Waals surface area contributed by atoms with Gasteiger partial charge in [-0.3, -0.25) is 0 Å². The van der Waals surface area contributed by atoms with Crippen LogP contribution in [0.25, 0.3) is 5.69 Å². The minimum Gasteiger partial charge on any atom is -0.368 e. The largest absolute Gasteiger partial charge is 0.368 e. The van der Waals surface area contributed by atoms with E-state index >= 15 is 0 Å². The van der Waals surface area contributed by atoms with Crippen molar-refractivity contribution in [3.8, 4) is 11.8 Å². The lowest BCUT2D eigenvalue weighted by atomic mass is 10.2. The van der Waals surface area contributed by atoms with Crippen LogP contribution in [0.5, 0.6) is 0 Å². The maximum atomic E-state index is 8.74. The summed E-state index contributed by atoms with van der Waals surface area (Å²) in [4.78, 5) is 4.16. The number of rotatable bonds is 3. The smallest absolute Gasteiger partial charge is 0.244 e. The minimum absolute atomic E-state index is 0.336. The molecule has 0 spiro atoms. The Morgan fingerprint density at radius 3 is 2.67 bits per heavy atom. The third-order valence-electron chi connectivity index (χ3n) is 2.78. The second kappa shape index (κ2) is 4.04. The van der Waals surface area contributed by atoms with Gasteiger partial charge in [0.15, 0.2) is 0 Å². The monoisotopic (exact) mass is 240 g/mol. The van der Waals surface area contributed by atoms with Crippen LogP contribution >= 0.6 is 0 Å². The maximum Gasteiger partial charge on any atom is 0.244 e. The third-order valence-corrected chi connectivity index (χ3v) is 2.78. The highest BCUT2D eigenvalue weighted by Gasteiger charge is 2.23. The van der Waals surface area contributed by atoms with Gasteiger partial charge in [0, 0.05) is 6.04 Å². The van der Waals surface area contributed by atoms with Crippen LogP contribution in [0.1, 0.15) is 18.4 Å². The van der Waals surface area contributed by atoms with Crippen LogP contribution in [0, 0.1) is 11.3 Å². The van der Waals surface area contributed by atoms with Gasteiger partial charge in [0.25, 0.3) is 0 Å². The number of hydrogen-bond acceptors (Lipinski definition) is 5. The molecule has 1 aliphatic carbocycles. The Morgan fingerprint density at radius 1 is 1.33 bits per heavy atom. The fourth-order valence-corrected chi connectivity index (χ4v) is 1.66. The molecule has 1 aromatic heterocycles. The van der Waals surface area contributed by atoms with E-state index in [4.69, 9.17) is 11.0 Å². The van der Waals surface area contributed by atoms with Crippen LogP contribution in [0.3, 0.4) is 0 Å². The summed E-state index contributed by atoms with van der Waals surface area (Å²) in [5.41, 5.74) is 7.22. The number of nitrogen functional groups attached to an aromatic ring is 1. The predicted octanol–water partition coefficient (Wildman–Crippen LogP) is 1.30. The second-order valence-electron chi connectivity index (χ2n) is 4.28. The molecule has 1 aliphatic rings. The number of benzene rings is 1. The van der Waals surface area contributed by atoms with Gasteiger partial charge in [0.05, 0.1) is 17.3 Å². The van der Waals surface area contributed by atoms with Gasteiger partial charge in [0.1, 0.15) is 0 Å². The molecule has 6 heteroatoms. The van der Waals surface area contributed by atoms with Gasteiger partial charge in [-0.15, -0.1) is 5.10 Å². The van der Waals surface area contributed by atoms with Gasteiger partial charge >= 0.3 is 0 Å². The standard InChI is InChI=1S/C12H12N6/c13-7-8-1-5-10(6-2-8)18-11(14)16-12(17-18)15-9-3-4-9/h1-2,5-6,9H,3-4H2,(H3,14,15,16,17). The van der Waals surface area contributed by atoms with Gasteiger partial charge in [-0.2, -0.15) is 14.9 Å². The Labute approximate surface area is 104 Å². The zero-order chi connectivity index (χ0) is 12.5. The molecule has 1 saturated carbocycles. The summed E-state index contributed by atoms with van der Waals surface area (Å²) in [6.07, 6.45) is 2.32. The number of nitrogens with one attached hydrogen (secondary N) is 1. The summed E-state index contributed by atoms with van der Waals surface area (Å²) in [5.74, 6) is 0.891. The van der Waals surface area contributed by atoms with Crippen molar-refractivity contribution in [3.63, 3.8) is 0 Å². The molecule has 0 saturated heterocycles. The van der Waals surface area contributed by atoms with Crippen LogP contribution in [-0.2, 0) is 0 Å². The Bertz CT molecular complexity index is 602. The number of hydrogen-bond donors (Lipinski definition) is 2. The molecule has 90 valence electrons. The molecule has 0 radical (unpaired) electrons. The normalized spacial score (nSPS) is 14.2. The van der Waals surface area contributed by atoms with Crippen LogP contribution in [-0.4, -0.2) is 20.8 Å². The number of nitriles is 1. The highest BCUT2D eigenvalue weighted by molar-refractivity contribution is 5.45. The van der Waals surface area contributed by atoms with E-state index in [1.54, 1.807) is 28.9 Å². The van der Waals surface area contributed by atoms with Crippen molar-refractivity contribution in [2.24, 2.45) is 0 Å². The molecule has 0 unspecified atom stereocenters. The average molecular weight is 240 g/mol. The van der Waals surface area contributed by atoms with Crippen molar-refractivity contribution in [2.75, 3.05) is 11.1 Å². The van der Waals surface area contributed by atoms with E-state index in [1.165, 1.54) is 0 Å². The van der Waals surface area contributed by atoms with Gasteiger partial charge in [-0.05, 0) is 37.1 Å². The average Bonchev–Trinajstić information content (AvgIpc) is 3.12. The van der Waals surface area contributed by atoms with E-state index in [1.807, 2.05) is 0 Å². The SMILES string of the molecule is N#Cc1ccc(-n2nc(NC3CC3)nc2N)cc1. The van der Waals surface area contributed by atoms with Gasteiger partial charge in [0.2, 0.25) is 11.9 Å². The van der Waals surface area contributed by atoms with Crippen molar-refractivity contribution in [1.29, 1.82) is 5.26 Å². The summed E-state index contributed by atoms with van der Waals surface area (Å²) >= 11 is 0. The first kappa shape index (κ1) is 10.6. The first-order valence-corrected chi connectivity index (χ1v) is 5.76. The summed E-state index contributed by atoms with van der Waals surface area (Å²) < 4.78 is 1.56. The van der Waals surface area contributed by atoms with E-state index in [-0.39, 0.29) is 0 Å². The van der Waals surface area contributed by atoms with Gasteiger partial charge in [-0.25, -0.2) is 0 Å². The number of nitrogens with two attached hydrogens (primary N) is 1. The predicted molar refractivity (Wildman–Crippen MR) is 67.1 cm³/mol. The Morgan fingerprint density at radius 2 is 2.06 bits per heavy atom. The topological polar surface area (TPSA) is 92.5 Å². The molecule has 0 aliphatic heterocycles. The molecule has 1 heterocycles. The third kappa shape index (κ3) is 1.98. The molecule has 6 nitrogen and oxygen atoms in total. The molecular formula is C12H12N6. The summed E-state index contributed by atoms with van der Waals surface area (Å²) in [6.45, 7) is 0. The highest BCUT2D eigenvalue weighted by Crippen LogP contribution is 2.24. The molecule has 0 atom stereocenters. The molecule has 0 amide bonds. The van der Waals surface area contributed by atoms with E-state index in [0.29, 0.717) is 23.5 Å². The zero-order valence-corrected chi connectivity index (χ0v) is 9.67. The van der Waals surface area contributed by atoms with Crippen molar-refractivity contribution in [1.82, 2.24) is 14.8 Å². The fourth-order valence-electron chi connectivity index (χ4n) is 1.66. The van der Waals surface area contributed by atoms with Crippen LogP contribution in [0.4, 0.5) is 11.9 Å². The lowest BCUT2D eigenvalue weighted by molar-refractivity contribution is 0.887. The van der Waals surface area contributed by atoms with E-state index in [0.717, 1.165) is 18.5 Å². The number of nitrogens with zero attached hydrogens (tertiary/aromatic N) is 4. The first-order chi connectivity index (χ1) is 8.76. The molecule has 3 N–H and O–H groups in total. The zero-order valence-electron chi connectivity index (χ0n) is 9.67. The van der Waals surface area contributed by atoms with Crippen LogP contribution in [0.15, 0.2) is 24.3 Å². The van der Waals surface area contributed by atoms with E-state index < -0.39 is 0 Å². The molecule has 1 aromatic carbocycles. The first-order valence-electron chi connectivity index (χ1n) is 5.76. The Hall–Kier alpha value is -2.55. The van der Waals surface area contributed by atoms with Crippen molar-refractivity contribution >= 4 is 11.9 Å². The lowest BCUT2D eigenvalue weighted by Crippen LogP contribution is -2.04. The van der Waals surface area contributed by atoms with Crippen LogP contribution in [0.2, 0.25) is 0 Å². The molecular weight excluding hydrogens is 228 g/mol. The molecule has 2 aromatic rings. The molecule has 1 fully saturated rings. The minimum atomic E-state index is 0.336. The van der Waals surface area contributed by atoms with E-state index in [9.17, 15) is 0 Å².